The van der Waals surface area contributed by atoms with Crippen molar-refractivity contribution in [3.8, 4) is 0 Å². The van der Waals surface area contributed by atoms with Crippen LogP contribution < -0.4 is 5.73 Å². The fourth-order valence-corrected chi connectivity index (χ4v) is 10.1. The van der Waals surface area contributed by atoms with Gasteiger partial charge in [-0.1, -0.05) is 132 Å². The molecule has 1 saturated heterocycles. The van der Waals surface area contributed by atoms with Gasteiger partial charge in [-0.05, 0) is 42.7 Å². The van der Waals surface area contributed by atoms with Gasteiger partial charge in [0.1, 0.15) is 43.2 Å². The summed E-state index contributed by atoms with van der Waals surface area (Å²) in [5.74, 6) is -6.12. The van der Waals surface area contributed by atoms with Gasteiger partial charge in [-0.15, -0.1) is 0 Å². The number of rotatable bonds is 11. The molecular formula is C44H47Cl6NO16. The van der Waals surface area contributed by atoms with Crippen LogP contribution in [0.5, 0.6) is 0 Å². The number of ketones is 1. The normalized spacial score (nSPS) is 30.9. The van der Waals surface area contributed by atoms with Crippen molar-refractivity contribution in [3.63, 3.8) is 0 Å². The minimum atomic E-state index is -2.58. The van der Waals surface area contributed by atoms with Crippen molar-refractivity contribution in [2.75, 3.05) is 19.8 Å². The standard InChI is InChI=1S/C44H47Cl6NO16/c1-21-25(63-36(56)30(53)29(51)23-12-8-6-9-13-23)17-42(59)34(66-35(55)24-14-10-7-11-15-24)32-40(5,33(54)31(28(21)39(42,3)4)65-38(58)62-20-44(48,49)50)26(64-37(57)61-19-43(45,46)47)16-27-41(32,18-60-27)67-22(2)52/h6-15,25-27,29-32,34,53,59H,16-20,51H2,1-5H3/t25-,26-,27+,29?,30?,31+,32-,34-,40+,41-,42+/m0/s1. The van der Waals surface area contributed by atoms with E-state index in [0.717, 1.165) is 6.92 Å². The SMILES string of the molecule is CC(=O)O[C@@]12CO[C@@H]1C[C@H](OC(=O)OCC(Cl)(Cl)Cl)[C@@]1(C)C(=O)[C@H](OC(=O)OCC(Cl)(Cl)Cl)C3=C(C)[C@@H](OC(=O)C(O)C(N)c4ccccc4)C[C@@](O)([C@@H](OC(=O)c4ccccc4)[C@H]21)C3(C)C. The maximum absolute atomic E-state index is 16.1. The zero-order valence-corrected chi connectivity index (χ0v) is 40.9. The molecule has 1 heterocycles. The molecule has 2 aromatic carbocycles. The van der Waals surface area contributed by atoms with Crippen LogP contribution in [0, 0.1) is 16.7 Å². The first-order valence-corrected chi connectivity index (χ1v) is 22.9. The molecule has 366 valence electrons. The quantitative estimate of drug-likeness (QED) is 0.0911. The topological polar surface area (TPSA) is 243 Å². The Bertz CT molecular complexity index is 2270. The van der Waals surface area contributed by atoms with Crippen molar-refractivity contribution in [2.45, 2.75) is 109 Å². The number of esters is 3. The van der Waals surface area contributed by atoms with Crippen LogP contribution in [0.2, 0.25) is 0 Å². The summed E-state index contributed by atoms with van der Waals surface area (Å²) in [4.78, 5) is 85.0. The van der Waals surface area contributed by atoms with E-state index >= 15 is 4.79 Å². The summed E-state index contributed by atoms with van der Waals surface area (Å²) in [5.41, 5.74) is -2.37. The number of hydrogen-bond acceptors (Lipinski definition) is 17. The summed E-state index contributed by atoms with van der Waals surface area (Å²) in [6.45, 7) is 4.49. The van der Waals surface area contributed by atoms with Gasteiger partial charge in [0.25, 0.3) is 0 Å². The molecule has 3 aliphatic carbocycles. The maximum Gasteiger partial charge on any atom is 0.509 e. The lowest BCUT2D eigenvalue weighted by atomic mass is 9.44. The number of ether oxygens (including phenoxy) is 8. The molecule has 3 fully saturated rings. The molecule has 0 radical (unpaired) electrons. The third-order valence-corrected chi connectivity index (χ3v) is 13.7. The van der Waals surface area contributed by atoms with Gasteiger partial charge in [0.2, 0.25) is 7.59 Å². The zero-order valence-electron chi connectivity index (χ0n) is 36.4. The number of alkyl halides is 6. The van der Waals surface area contributed by atoms with E-state index in [2.05, 4.69) is 0 Å². The van der Waals surface area contributed by atoms with E-state index in [0.29, 0.717) is 5.56 Å². The van der Waals surface area contributed by atoms with Crippen molar-refractivity contribution < 1.29 is 76.9 Å². The lowest BCUT2D eigenvalue weighted by Crippen LogP contribution is -2.82. The number of carbonyl (C=O) groups excluding carboxylic acids is 6. The summed E-state index contributed by atoms with van der Waals surface area (Å²) in [6, 6.07) is 14.4. The minimum Gasteiger partial charge on any atom is -0.456 e. The molecule has 0 amide bonds. The van der Waals surface area contributed by atoms with E-state index in [4.69, 9.17) is 113 Å². The second-order valence-electron chi connectivity index (χ2n) is 17.5. The molecule has 2 aromatic rings. The molecule has 2 saturated carbocycles. The average Bonchev–Trinajstić information content (AvgIpc) is 3.25. The lowest BCUT2D eigenvalue weighted by molar-refractivity contribution is -0.346. The predicted octanol–water partition coefficient (Wildman–Crippen LogP) is 6.76. The Morgan fingerprint density at radius 3 is 1.93 bits per heavy atom. The molecule has 1 aliphatic heterocycles. The Morgan fingerprint density at radius 2 is 1.40 bits per heavy atom. The van der Waals surface area contributed by atoms with E-state index in [-0.39, 0.29) is 16.7 Å². The highest BCUT2D eigenvalue weighted by Gasteiger charge is 2.79. The number of fused-ring (bicyclic) bond motifs is 5. The fraction of sp³-hybridized carbons (Fsp3) is 0.545. The molecule has 17 nitrogen and oxygen atoms in total. The van der Waals surface area contributed by atoms with Gasteiger partial charge in [0, 0.05) is 25.2 Å². The van der Waals surface area contributed by atoms with Crippen molar-refractivity contribution in [2.24, 2.45) is 22.5 Å². The summed E-state index contributed by atoms with van der Waals surface area (Å²) < 4.78 is 42.1. The predicted molar refractivity (Wildman–Crippen MR) is 239 cm³/mol. The smallest absolute Gasteiger partial charge is 0.456 e. The minimum absolute atomic E-state index is 0.0149. The van der Waals surface area contributed by atoms with Gasteiger partial charge in [-0.25, -0.2) is 19.2 Å². The zero-order chi connectivity index (χ0) is 49.7. The van der Waals surface area contributed by atoms with Gasteiger partial charge in [0.15, 0.2) is 23.6 Å². The Labute approximate surface area is 414 Å². The van der Waals surface area contributed by atoms with Crippen LogP contribution in [0.1, 0.15) is 69.4 Å². The van der Waals surface area contributed by atoms with E-state index in [1.807, 2.05) is 0 Å². The third-order valence-electron chi connectivity index (χ3n) is 13.1. The first-order valence-electron chi connectivity index (χ1n) is 20.6. The van der Waals surface area contributed by atoms with Crippen LogP contribution in [0.4, 0.5) is 9.59 Å². The first-order chi connectivity index (χ1) is 31.1. The van der Waals surface area contributed by atoms with Gasteiger partial charge in [-0.3, -0.25) is 9.59 Å². The van der Waals surface area contributed by atoms with E-state index in [1.165, 1.54) is 39.8 Å². The summed E-state index contributed by atoms with van der Waals surface area (Å²) >= 11 is 35.2. The Balaban J connectivity index is 1.62. The highest BCUT2D eigenvalue weighted by atomic mass is 35.6. The second-order valence-corrected chi connectivity index (χ2v) is 22.5. The molecule has 0 spiro atoms. The molecule has 4 aliphatic rings. The Morgan fingerprint density at radius 1 is 0.851 bits per heavy atom. The van der Waals surface area contributed by atoms with E-state index in [9.17, 15) is 34.2 Å². The van der Waals surface area contributed by atoms with Crippen molar-refractivity contribution in [3.05, 3.63) is 82.9 Å². The van der Waals surface area contributed by atoms with Crippen LogP contribution in [0.3, 0.4) is 0 Å². The van der Waals surface area contributed by atoms with Crippen molar-refractivity contribution in [1.82, 2.24) is 0 Å². The summed E-state index contributed by atoms with van der Waals surface area (Å²) in [6.07, 6.45) is -14.9. The number of hydrogen-bond donors (Lipinski definition) is 3. The lowest BCUT2D eigenvalue weighted by Gasteiger charge is -2.67. The third kappa shape index (κ3) is 10.5. The van der Waals surface area contributed by atoms with E-state index < -0.39 is 147 Å². The van der Waals surface area contributed by atoms with Gasteiger partial charge < -0.3 is 53.8 Å². The Kier molecular flexibility index (Phi) is 15.5. The van der Waals surface area contributed by atoms with Gasteiger partial charge in [0.05, 0.1) is 29.5 Å². The van der Waals surface area contributed by atoms with Gasteiger partial charge >= 0.3 is 30.2 Å². The number of nitrogens with two attached hydrogens (primary N) is 1. The molecule has 4 N–H and O–H groups in total. The molecule has 6 rings (SSSR count). The number of halogens is 6. The second kappa shape index (κ2) is 19.6. The molecule has 2 bridgehead atoms. The van der Waals surface area contributed by atoms with E-state index in [1.54, 1.807) is 48.5 Å². The number of aliphatic hydroxyl groups excluding tert-OH is 1. The number of Topliss-reactive ketones (excluding diaryl/α,β-unsaturated/α-hetero) is 1. The molecule has 11 atom stereocenters. The summed E-state index contributed by atoms with van der Waals surface area (Å²) in [5, 5.41) is 25.1. The summed E-state index contributed by atoms with van der Waals surface area (Å²) in [7, 11) is 0. The van der Waals surface area contributed by atoms with Crippen LogP contribution in [0.25, 0.3) is 0 Å². The van der Waals surface area contributed by atoms with Crippen LogP contribution >= 0.6 is 69.6 Å². The Hall–Kier alpha value is -3.62. The maximum atomic E-state index is 16.1. The molecular weight excluding hydrogens is 1010 g/mol. The number of benzene rings is 2. The number of aliphatic hydroxyl groups is 2. The average molecular weight is 1060 g/mol. The van der Waals surface area contributed by atoms with Crippen LogP contribution in [0.15, 0.2) is 71.8 Å². The monoisotopic (exact) mass is 1060 g/mol. The largest absolute Gasteiger partial charge is 0.509 e. The molecule has 67 heavy (non-hydrogen) atoms. The fourth-order valence-electron chi connectivity index (χ4n) is 9.78. The van der Waals surface area contributed by atoms with Crippen molar-refractivity contribution >= 4 is 106 Å². The first kappa shape index (κ1) is 52.7. The van der Waals surface area contributed by atoms with Crippen LogP contribution in [-0.2, 0) is 52.3 Å². The van der Waals surface area contributed by atoms with Gasteiger partial charge in [-0.2, -0.15) is 0 Å². The van der Waals surface area contributed by atoms with Crippen molar-refractivity contribution in [1.29, 1.82) is 0 Å². The number of carbonyl (C=O) groups is 6. The highest BCUT2D eigenvalue weighted by molar-refractivity contribution is 6.68. The molecule has 0 aromatic heterocycles. The molecule has 23 heteroatoms. The highest BCUT2D eigenvalue weighted by Crippen LogP contribution is 2.65. The van der Waals surface area contributed by atoms with Crippen LogP contribution in [-0.4, -0.2) is 121 Å². The molecule has 2 unspecified atom stereocenters.